The van der Waals surface area contributed by atoms with Crippen molar-refractivity contribution in [3.05, 3.63) is 47.2 Å². The first kappa shape index (κ1) is 32.3. The second kappa shape index (κ2) is 12.9. The number of ether oxygens (including phenoxy) is 1. The average molecular weight is 618 g/mol. The van der Waals surface area contributed by atoms with Crippen LogP contribution in [-0.2, 0) is 9.59 Å². The predicted molar refractivity (Wildman–Crippen MR) is 164 cm³/mol. The normalized spacial score (nSPS) is 17.4. The number of rotatable bonds is 9. The Kier molecular flexibility index (Phi) is 9.73. The topological polar surface area (TPSA) is 134 Å². The molecule has 10 nitrogen and oxygen atoms in total. The minimum atomic E-state index is -0.973. The Balaban J connectivity index is 1.64. The van der Waals surface area contributed by atoms with E-state index < -0.39 is 40.1 Å². The predicted octanol–water partition coefficient (Wildman–Crippen LogP) is 4.84. The van der Waals surface area contributed by atoms with Crippen LogP contribution in [-0.4, -0.2) is 65.5 Å². The minimum Gasteiger partial charge on any atom is -0.494 e. The maximum Gasteiger partial charge on any atom is 0.247 e. The molecule has 13 heteroatoms. The Morgan fingerprint density at radius 3 is 2.56 bits per heavy atom. The van der Waals surface area contributed by atoms with E-state index in [4.69, 9.17) is 22.1 Å². The number of nitrogens with zero attached hydrogens (tertiary/aromatic N) is 3. The van der Waals surface area contributed by atoms with Crippen molar-refractivity contribution in [2.75, 3.05) is 31.3 Å². The Morgan fingerprint density at radius 1 is 1.19 bits per heavy atom. The molecule has 2 heterocycles. The number of anilines is 3. The molecule has 0 spiro atoms. The van der Waals surface area contributed by atoms with E-state index >= 15 is 0 Å². The number of carbonyl (C=O) groups is 2. The second-order valence-corrected chi connectivity index (χ2v) is 12.2. The van der Waals surface area contributed by atoms with Gasteiger partial charge >= 0.3 is 0 Å². The van der Waals surface area contributed by atoms with Gasteiger partial charge in [-0.05, 0) is 50.4 Å². The van der Waals surface area contributed by atoms with E-state index in [1.54, 1.807) is 24.1 Å². The number of likely N-dealkylation sites (tertiary alicyclic amines) is 1. The first-order valence-electron chi connectivity index (χ1n) is 14.1. The molecule has 1 unspecified atom stereocenters. The van der Waals surface area contributed by atoms with Gasteiger partial charge in [0.15, 0.2) is 5.82 Å². The van der Waals surface area contributed by atoms with E-state index in [1.807, 2.05) is 27.7 Å². The molecule has 4 rings (SSSR count). The number of hydrogen-bond acceptors (Lipinski definition) is 8. The molecular formula is C30H38ClF2N7O3. The van der Waals surface area contributed by atoms with E-state index in [1.165, 1.54) is 19.5 Å². The number of nitrogens with two attached hydrogens (primary N) is 1. The highest BCUT2D eigenvalue weighted by Crippen LogP contribution is 2.36. The summed E-state index contributed by atoms with van der Waals surface area (Å²) in [5.74, 6) is -2.40. The van der Waals surface area contributed by atoms with Crippen molar-refractivity contribution < 1.29 is 23.1 Å². The molecular weight excluding hydrogens is 580 g/mol. The summed E-state index contributed by atoms with van der Waals surface area (Å²) in [5.41, 5.74) is 6.78. The van der Waals surface area contributed by atoms with Crippen LogP contribution in [0.3, 0.4) is 0 Å². The van der Waals surface area contributed by atoms with Crippen molar-refractivity contribution in [2.24, 2.45) is 17.1 Å². The van der Waals surface area contributed by atoms with Crippen LogP contribution in [0.5, 0.6) is 5.75 Å². The van der Waals surface area contributed by atoms with Crippen LogP contribution >= 0.6 is 11.6 Å². The van der Waals surface area contributed by atoms with E-state index in [-0.39, 0.29) is 29.4 Å². The molecule has 2 aromatic carbocycles. The molecule has 3 aromatic rings. The zero-order valence-corrected chi connectivity index (χ0v) is 25.9. The third-order valence-corrected chi connectivity index (χ3v) is 8.30. The fraction of sp³-hybridized carbons (Fsp3) is 0.467. The standard InChI is InChI=1S/C30H38ClF2N7O3/c1-15(35-5)26(34)23(30(2,3)4)29(42)40-11-7-8-21(40)28(41)39-20-12-16-19(13-22(20)43-6)36-14-37-27(16)38-18-10-9-17(32)24(31)25(18)33/h9-10,12-15,21,23,26,35H,7-8,11,34H2,1-6H3,(H,39,41)(H,36,37,38)/t15-,21-,23-,26?/m0/s1. The number of likely N-dealkylation sites (N-methyl/N-ethyl adjacent to an activating group) is 1. The van der Waals surface area contributed by atoms with Crippen molar-refractivity contribution in [3.63, 3.8) is 0 Å². The number of carbonyl (C=O) groups excluding carboxylic acids is 2. The van der Waals surface area contributed by atoms with Crippen LogP contribution in [0.4, 0.5) is 26.0 Å². The van der Waals surface area contributed by atoms with Crippen LogP contribution in [0.1, 0.15) is 40.5 Å². The molecule has 0 aliphatic carbocycles. The summed E-state index contributed by atoms with van der Waals surface area (Å²) >= 11 is 5.75. The van der Waals surface area contributed by atoms with Crippen molar-refractivity contribution in [1.82, 2.24) is 20.2 Å². The van der Waals surface area contributed by atoms with Crippen molar-refractivity contribution in [3.8, 4) is 5.75 Å². The highest BCUT2D eigenvalue weighted by atomic mass is 35.5. The lowest BCUT2D eigenvalue weighted by atomic mass is 9.73. The van der Waals surface area contributed by atoms with Gasteiger partial charge in [-0.2, -0.15) is 0 Å². The zero-order chi connectivity index (χ0) is 31.6. The molecule has 232 valence electrons. The summed E-state index contributed by atoms with van der Waals surface area (Å²) in [6, 6.07) is 4.16. The van der Waals surface area contributed by atoms with Gasteiger partial charge in [-0.25, -0.2) is 18.7 Å². The number of aromatic nitrogens is 2. The fourth-order valence-corrected chi connectivity index (χ4v) is 5.66. The molecule has 2 amide bonds. The Labute approximate surface area is 254 Å². The average Bonchev–Trinajstić information content (AvgIpc) is 3.46. The van der Waals surface area contributed by atoms with Gasteiger partial charge in [-0.15, -0.1) is 0 Å². The lowest BCUT2D eigenvalue weighted by molar-refractivity contribution is -0.144. The largest absolute Gasteiger partial charge is 0.494 e. The molecule has 1 fully saturated rings. The van der Waals surface area contributed by atoms with E-state index in [0.717, 1.165) is 6.07 Å². The van der Waals surface area contributed by atoms with Gasteiger partial charge in [0.05, 0.1) is 29.9 Å². The smallest absolute Gasteiger partial charge is 0.247 e. The fourth-order valence-electron chi connectivity index (χ4n) is 5.49. The third kappa shape index (κ3) is 6.66. The first-order chi connectivity index (χ1) is 20.3. The van der Waals surface area contributed by atoms with Gasteiger partial charge in [0.2, 0.25) is 11.8 Å². The van der Waals surface area contributed by atoms with Crippen LogP contribution in [0.15, 0.2) is 30.6 Å². The van der Waals surface area contributed by atoms with Crippen LogP contribution < -0.4 is 26.4 Å². The first-order valence-corrected chi connectivity index (χ1v) is 14.4. The number of fused-ring (bicyclic) bond motifs is 1. The van der Waals surface area contributed by atoms with Gasteiger partial charge in [-0.3, -0.25) is 9.59 Å². The molecule has 0 radical (unpaired) electrons. The quantitative estimate of drug-likeness (QED) is 0.251. The summed E-state index contributed by atoms with van der Waals surface area (Å²) in [7, 11) is 3.26. The maximum absolute atomic E-state index is 14.6. The van der Waals surface area contributed by atoms with Crippen molar-refractivity contribution >= 4 is 51.5 Å². The SMILES string of the molecule is CN[C@@H](C)C(N)[C@@H](C(=O)N1CCC[C@H]1C(=O)Nc1cc2c(Nc3ccc(F)c(Cl)c3F)ncnc2cc1OC)C(C)(C)C. The molecule has 1 aliphatic heterocycles. The number of amides is 2. The lowest BCUT2D eigenvalue weighted by Crippen LogP contribution is -2.57. The Bertz CT molecular complexity index is 1520. The number of halogens is 3. The van der Waals surface area contributed by atoms with E-state index in [0.29, 0.717) is 41.7 Å². The monoisotopic (exact) mass is 617 g/mol. The summed E-state index contributed by atoms with van der Waals surface area (Å²) in [6.45, 7) is 8.29. The number of methoxy groups -OCH3 is 1. The molecule has 5 N–H and O–H groups in total. The molecule has 1 aromatic heterocycles. The summed E-state index contributed by atoms with van der Waals surface area (Å²) in [4.78, 5) is 37.7. The molecule has 1 aliphatic rings. The van der Waals surface area contributed by atoms with Crippen molar-refractivity contribution in [2.45, 2.75) is 58.7 Å². The van der Waals surface area contributed by atoms with Crippen molar-refractivity contribution in [1.29, 1.82) is 0 Å². The highest BCUT2D eigenvalue weighted by molar-refractivity contribution is 6.31. The van der Waals surface area contributed by atoms with Crippen LogP contribution in [0.25, 0.3) is 10.9 Å². The highest BCUT2D eigenvalue weighted by Gasteiger charge is 2.44. The summed E-state index contributed by atoms with van der Waals surface area (Å²) in [5, 5.41) is 8.65. The van der Waals surface area contributed by atoms with E-state index in [2.05, 4.69) is 25.9 Å². The Hall–Kier alpha value is -3.61. The molecule has 1 saturated heterocycles. The number of benzene rings is 2. The Morgan fingerprint density at radius 2 is 1.91 bits per heavy atom. The summed E-state index contributed by atoms with van der Waals surface area (Å²) < 4.78 is 33.9. The van der Waals surface area contributed by atoms with Gasteiger partial charge < -0.3 is 31.3 Å². The molecule has 43 heavy (non-hydrogen) atoms. The van der Waals surface area contributed by atoms with Crippen LogP contribution in [0.2, 0.25) is 5.02 Å². The lowest BCUT2D eigenvalue weighted by Gasteiger charge is -2.40. The zero-order valence-electron chi connectivity index (χ0n) is 25.1. The van der Waals surface area contributed by atoms with Gasteiger partial charge in [-0.1, -0.05) is 32.4 Å². The van der Waals surface area contributed by atoms with Gasteiger partial charge in [0.25, 0.3) is 0 Å². The summed E-state index contributed by atoms with van der Waals surface area (Å²) in [6.07, 6.45) is 2.43. The van der Waals surface area contributed by atoms with Gasteiger partial charge in [0, 0.05) is 30.1 Å². The van der Waals surface area contributed by atoms with Gasteiger partial charge in [0.1, 0.15) is 34.8 Å². The minimum absolute atomic E-state index is 0.0906. The molecule has 0 bridgehead atoms. The molecule has 0 saturated carbocycles. The molecule has 4 atom stereocenters. The van der Waals surface area contributed by atoms with E-state index in [9.17, 15) is 18.4 Å². The number of nitrogens with one attached hydrogen (secondary N) is 3. The maximum atomic E-state index is 14.6. The third-order valence-electron chi connectivity index (χ3n) is 7.96. The number of hydrogen-bond donors (Lipinski definition) is 4. The van der Waals surface area contributed by atoms with Crippen LogP contribution in [0, 0.1) is 23.0 Å². The second-order valence-electron chi connectivity index (χ2n) is 11.8.